The molecule has 1 N–H and O–H groups in total. The number of anilines is 1. The fourth-order valence-corrected chi connectivity index (χ4v) is 3.41. The van der Waals surface area contributed by atoms with E-state index in [4.69, 9.17) is 4.42 Å². The van der Waals surface area contributed by atoms with Gasteiger partial charge in [-0.15, -0.1) is 0 Å². The predicted octanol–water partition coefficient (Wildman–Crippen LogP) is 5.13. The molecule has 2 aromatic carbocycles. The van der Waals surface area contributed by atoms with Gasteiger partial charge in [0.25, 0.3) is 11.8 Å². The standard InChI is InChI=1S/C25H22N2O4/c1-3-16(2)17-9-11-19(12-10-17)27-24(29)21(23(28)26-25(27)30)15-20-13-14-22(31-20)18-7-5-4-6-8-18/h4-16H,3H2,1-2H3,(H,26,28,30)/b21-15-/t16-/m1/s1. The van der Waals surface area contributed by atoms with Gasteiger partial charge in [0.15, 0.2) is 0 Å². The van der Waals surface area contributed by atoms with E-state index in [-0.39, 0.29) is 5.57 Å². The summed E-state index contributed by atoms with van der Waals surface area (Å²) in [6.45, 7) is 4.21. The number of nitrogens with zero attached hydrogens (tertiary/aromatic N) is 1. The number of barbiturate groups is 1. The number of carbonyl (C=O) groups is 3. The number of benzene rings is 2. The minimum atomic E-state index is -0.771. The summed E-state index contributed by atoms with van der Waals surface area (Å²) in [5, 5.41) is 2.23. The zero-order chi connectivity index (χ0) is 22.0. The SMILES string of the molecule is CC[C@@H](C)c1ccc(N2C(=O)NC(=O)/C(=C/c3ccc(-c4ccccc4)o3)C2=O)cc1. The van der Waals surface area contributed by atoms with Gasteiger partial charge in [-0.25, -0.2) is 9.69 Å². The van der Waals surface area contributed by atoms with Gasteiger partial charge in [-0.05, 0) is 48.2 Å². The highest BCUT2D eigenvalue weighted by molar-refractivity contribution is 6.39. The molecule has 6 heteroatoms. The first kappa shape index (κ1) is 20.3. The molecule has 0 radical (unpaired) electrons. The van der Waals surface area contributed by atoms with Crippen molar-refractivity contribution in [3.05, 3.63) is 83.6 Å². The Labute approximate surface area is 180 Å². The first-order chi connectivity index (χ1) is 15.0. The van der Waals surface area contributed by atoms with Crippen molar-refractivity contribution >= 4 is 29.6 Å². The molecule has 1 fully saturated rings. The van der Waals surface area contributed by atoms with Crippen molar-refractivity contribution in [1.29, 1.82) is 0 Å². The van der Waals surface area contributed by atoms with Gasteiger partial charge in [0.05, 0.1) is 5.69 Å². The van der Waals surface area contributed by atoms with Crippen molar-refractivity contribution in [3.8, 4) is 11.3 Å². The molecule has 6 nitrogen and oxygen atoms in total. The molecule has 1 aromatic heterocycles. The quantitative estimate of drug-likeness (QED) is 0.464. The van der Waals surface area contributed by atoms with E-state index in [1.165, 1.54) is 6.08 Å². The molecular weight excluding hydrogens is 392 g/mol. The fourth-order valence-electron chi connectivity index (χ4n) is 3.41. The number of imide groups is 2. The normalized spacial score (nSPS) is 16.5. The molecule has 0 spiro atoms. The summed E-state index contributed by atoms with van der Waals surface area (Å²) in [7, 11) is 0. The summed E-state index contributed by atoms with van der Waals surface area (Å²) in [6.07, 6.45) is 2.34. The Morgan fingerprint density at radius 1 is 0.968 bits per heavy atom. The van der Waals surface area contributed by atoms with Crippen LogP contribution in [-0.2, 0) is 9.59 Å². The van der Waals surface area contributed by atoms with Crippen LogP contribution in [0.2, 0.25) is 0 Å². The third-order valence-corrected chi connectivity index (χ3v) is 5.41. The van der Waals surface area contributed by atoms with Gasteiger partial charge in [-0.2, -0.15) is 0 Å². The monoisotopic (exact) mass is 414 g/mol. The molecule has 4 amide bonds. The van der Waals surface area contributed by atoms with E-state index in [9.17, 15) is 14.4 Å². The lowest BCUT2D eigenvalue weighted by Crippen LogP contribution is -2.54. The predicted molar refractivity (Wildman–Crippen MR) is 118 cm³/mol. The molecule has 156 valence electrons. The van der Waals surface area contributed by atoms with Crippen molar-refractivity contribution in [1.82, 2.24) is 5.32 Å². The molecule has 2 heterocycles. The van der Waals surface area contributed by atoms with Gasteiger partial charge < -0.3 is 4.42 Å². The van der Waals surface area contributed by atoms with Crippen LogP contribution in [0.3, 0.4) is 0 Å². The van der Waals surface area contributed by atoms with E-state index in [0.29, 0.717) is 23.1 Å². The van der Waals surface area contributed by atoms with E-state index in [1.807, 2.05) is 42.5 Å². The number of nitrogens with one attached hydrogen (secondary N) is 1. The van der Waals surface area contributed by atoms with E-state index in [0.717, 1.165) is 22.4 Å². The lowest BCUT2D eigenvalue weighted by Gasteiger charge is -2.26. The van der Waals surface area contributed by atoms with E-state index in [1.54, 1.807) is 24.3 Å². The average molecular weight is 414 g/mol. The number of hydrogen-bond donors (Lipinski definition) is 1. The van der Waals surface area contributed by atoms with Gasteiger partial charge in [0, 0.05) is 5.56 Å². The highest BCUT2D eigenvalue weighted by Gasteiger charge is 2.37. The van der Waals surface area contributed by atoms with Crippen molar-refractivity contribution in [2.75, 3.05) is 4.90 Å². The van der Waals surface area contributed by atoms with Gasteiger partial charge in [-0.1, -0.05) is 56.3 Å². The van der Waals surface area contributed by atoms with Gasteiger partial charge in [-0.3, -0.25) is 14.9 Å². The highest BCUT2D eigenvalue weighted by Crippen LogP contribution is 2.27. The zero-order valence-electron chi connectivity index (χ0n) is 17.3. The molecule has 1 aliphatic rings. The minimum Gasteiger partial charge on any atom is -0.457 e. The molecule has 1 atom stereocenters. The van der Waals surface area contributed by atoms with Crippen LogP contribution in [0, 0.1) is 0 Å². The Balaban J connectivity index is 1.63. The molecule has 4 rings (SSSR count). The average Bonchev–Trinajstić information content (AvgIpc) is 3.26. The first-order valence-corrected chi connectivity index (χ1v) is 10.1. The maximum atomic E-state index is 13.0. The van der Waals surface area contributed by atoms with Crippen molar-refractivity contribution in [3.63, 3.8) is 0 Å². The number of urea groups is 1. The number of furan rings is 1. The van der Waals surface area contributed by atoms with Crippen molar-refractivity contribution < 1.29 is 18.8 Å². The summed E-state index contributed by atoms with van der Waals surface area (Å²) in [5.41, 5.74) is 2.23. The Morgan fingerprint density at radius 2 is 1.68 bits per heavy atom. The largest absolute Gasteiger partial charge is 0.457 e. The second kappa shape index (κ2) is 8.44. The highest BCUT2D eigenvalue weighted by atomic mass is 16.3. The molecule has 3 aromatic rings. The molecule has 0 bridgehead atoms. The minimum absolute atomic E-state index is 0.167. The second-order valence-electron chi connectivity index (χ2n) is 7.43. The molecular formula is C25H22N2O4. The Morgan fingerprint density at radius 3 is 2.35 bits per heavy atom. The summed E-state index contributed by atoms with van der Waals surface area (Å²) in [5.74, 6) is -0.110. The van der Waals surface area contributed by atoms with Gasteiger partial charge >= 0.3 is 6.03 Å². The number of rotatable bonds is 5. The Kier molecular flexibility index (Phi) is 5.54. The van der Waals surface area contributed by atoms with Gasteiger partial charge in [0.1, 0.15) is 17.1 Å². The molecule has 0 aliphatic carbocycles. The van der Waals surface area contributed by atoms with Crippen LogP contribution in [0.1, 0.15) is 37.5 Å². The number of carbonyl (C=O) groups excluding carboxylic acids is 3. The molecule has 1 saturated heterocycles. The van der Waals surface area contributed by atoms with Crippen LogP contribution in [0.15, 0.2) is 76.7 Å². The van der Waals surface area contributed by atoms with E-state index >= 15 is 0 Å². The van der Waals surface area contributed by atoms with E-state index in [2.05, 4.69) is 19.2 Å². The lowest BCUT2D eigenvalue weighted by atomic mass is 9.98. The maximum Gasteiger partial charge on any atom is 0.335 e. The molecule has 0 saturated carbocycles. The van der Waals surface area contributed by atoms with Crippen molar-refractivity contribution in [2.45, 2.75) is 26.2 Å². The summed E-state index contributed by atoms with van der Waals surface area (Å²) >= 11 is 0. The zero-order valence-corrected chi connectivity index (χ0v) is 17.3. The maximum absolute atomic E-state index is 13.0. The Hall–Kier alpha value is -3.93. The van der Waals surface area contributed by atoms with E-state index < -0.39 is 17.8 Å². The first-order valence-electron chi connectivity index (χ1n) is 10.1. The summed E-state index contributed by atoms with van der Waals surface area (Å²) < 4.78 is 5.78. The van der Waals surface area contributed by atoms with Gasteiger partial charge in [0.2, 0.25) is 0 Å². The molecule has 1 aliphatic heterocycles. The van der Waals surface area contributed by atoms with Crippen LogP contribution in [0.4, 0.5) is 10.5 Å². The van der Waals surface area contributed by atoms with Crippen LogP contribution in [0.25, 0.3) is 17.4 Å². The summed E-state index contributed by atoms with van der Waals surface area (Å²) in [6, 6.07) is 19.4. The van der Waals surface area contributed by atoms with Crippen LogP contribution in [-0.4, -0.2) is 17.8 Å². The molecule has 31 heavy (non-hydrogen) atoms. The van der Waals surface area contributed by atoms with Crippen LogP contribution < -0.4 is 10.2 Å². The Bertz CT molecular complexity index is 1160. The fraction of sp³-hybridized carbons (Fsp3) is 0.160. The number of hydrogen-bond acceptors (Lipinski definition) is 4. The second-order valence-corrected chi connectivity index (χ2v) is 7.43. The van der Waals surface area contributed by atoms with Crippen LogP contribution >= 0.6 is 0 Å². The summed E-state index contributed by atoms with van der Waals surface area (Å²) in [4.78, 5) is 38.8. The lowest BCUT2D eigenvalue weighted by molar-refractivity contribution is -0.122. The van der Waals surface area contributed by atoms with Crippen molar-refractivity contribution in [2.24, 2.45) is 0 Å². The number of amides is 4. The topological polar surface area (TPSA) is 79.6 Å². The third-order valence-electron chi connectivity index (χ3n) is 5.41. The third kappa shape index (κ3) is 4.05. The van der Waals surface area contributed by atoms with Crippen LogP contribution in [0.5, 0.6) is 0 Å². The smallest absolute Gasteiger partial charge is 0.335 e. The molecule has 0 unspecified atom stereocenters.